The second-order valence-electron chi connectivity index (χ2n) is 10.0. The van der Waals surface area contributed by atoms with Crippen molar-refractivity contribution in [2.45, 2.75) is 76.2 Å². The third kappa shape index (κ3) is 7.47. The van der Waals surface area contributed by atoms with Gasteiger partial charge in [0.25, 0.3) is 0 Å². The van der Waals surface area contributed by atoms with Crippen LogP contribution in [0.5, 0.6) is 0 Å². The van der Waals surface area contributed by atoms with Crippen LogP contribution >= 0.6 is 0 Å². The molecule has 1 aliphatic carbocycles. The number of ether oxygens (including phenoxy) is 1. The number of hydrogen-bond donors (Lipinski definition) is 1. The summed E-state index contributed by atoms with van der Waals surface area (Å²) in [5.41, 5.74) is -2.37. The molecule has 3 rings (SSSR count). The Bertz CT molecular complexity index is 1070. The maximum Gasteiger partial charge on any atom is 0.416 e. The van der Waals surface area contributed by atoms with Crippen LogP contribution in [0.15, 0.2) is 42.5 Å². The largest absolute Gasteiger partial charge is 0.416 e. The molecule has 2 aromatic rings. The predicted molar refractivity (Wildman–Crippen MR) is 128 cm³/mol. The third-order valence-electron chi connectivity index (χ3n) is 6.68. The minimum absolute atomic E-state index is 0.0571. The van der Waals surface area contributed by atoms with Crippen molar-refractivity contribution in [3.8, 4) is 0 Å². The monoisotopic (exact) mass is 548 g/mol. The van der Waals surface area contributed by atoms with Crippen LogP contribution in [0.3, 0.4) is 0 Å². The van der Waals surface area contributed by atoms with E-state index >= 15 is 0 Å². The third-order valence-corrected chi connectivity index (χ3v) is 6.68. The highest BCUT2D eigenvalue weighted by Gasteiger charge is 2.42. The SMILES string of the molecule is CC(C)NC(=O)CN(C)C1CCC(O[C@@H](C)c2cc(C(F)(F)F)cc(C(F)(F)F)c2)C1c1ccc(F)cc1. The van der Waals surface area contributed by atoms with Crippen LogP contribution in [0.4, 0.5) is 30.7 Å². The Labute approximate surface area is 217 Å². The number of rotatable bonds is 8. The molecule has 1 N–H and O–H groups in total. The fraction of sp³-hybridized carbons (Fsp3) is 0.519. The lowest BCUT2D eigenvalue weighted by Crippen LogP contribution is -2.44. The summed E-state index contributed by atoms with van der Waals surface area (Å²) < 4.78 is 100.0. The molecule has 0 aliphatic heterocycles. The number of carbonyl (C=O) groups is 1. The van der Waals surface area contributed by atoms with Crippen molar-refractivity contribution < 1.29 is 40.3 Å². The van der Waals surface area contributed by atoms with E-state index in [0.717, 1.165) is 0 Å². The first kappa shape index (κ1) is 29.9. The normalized spacial score (nSPS) is 21.2. The number of benzene rings is 2. The molecule has 0 radical (unpaired) electrons. The number of nitrogens with zero attached hydrogens (tertiary/aromatic N) is 1. The summed E-state index contributed by atoms with van der Waals surface area (Å²) in [7, 11) is 1.76. The zero-order valence-corrected chi connectivity index (χ0v) is 21.5. The van der Waals surface area contributed by atoms with Crippen molar-refractivity contribution in [3.05, 3.63) is 70.5 Å². The molecule has 1 saturated carbocycles. The van der Waals surface area contributed by atoms with Crippen molar-refractivity contribution in [1.82, 2.24) is 10.2 Å². The summed E-state index contributed by atoms with van der Waals surface area (Å²) in [4.78, 5) is 14.2. The topological polar surface area (TPSA) is 41.6 Å². The number of carbonyl (C=O) groups excluding carboxylic acids is 1. The van der Waals surface area contributed by atoms with E-state index < -0.39 is 47.4 Å². The summed E-state index contributed by atoms with van der Waals surface area (Å²) >= 11 is 0. The molecule has 210 valence electrons. The molecule has 0 heterocycles. The second-order valence-corrected chi connectivity index (χ2v) is 10.0. The Hall–Kier alpha value is -2.66. The summed E-state index contributed by atoms with van der Waals surface area (Å²) in [5.74, 6) is -1.05. The van der Waals surface area contributed by atoms with Crippen molar-refractivity contribution in [3.63, 3.8) is 0 Å². The Kier molecular flexibility index (Phi) is 9.13. The highest BCUT2D eigenvalue weighted by atomic mass is 19.4. The molecule has 4 atom stereocenters. The zero-order chi connectivity index (χ0) is 28.4. The molecule has 0 bridgehead atoms. The zero-order valence-electron chi connectivity index (χ0n) is 21.5. The lowest BCUT2D eigenvalue weighted by molar-refractivity contribution is -0.143. The minimum Gasteiger partial charge on any atom is -0.370 e. The van der Waals surface area contributed by atoms with E-state index in [0.29, 0.717) is 30.5 Å². The average molecular weight is 549 g/mol. The molecule has 1 aliphatic rings. The van der Waals surface area contributed by atoms with Gasteiger partial charge in [0.15, 0.2) is 0 Å². The molecule has 3 unspecified atom stereocenters. The molecule has 0 aromatic heterocycles. The summed E-state index contributed by atoms with van der Waals surface area (Å²) in [6.45, 7) is 5.14. The smallest absolute Gasteiger partial charge is 0.370 e. The maximum atomic E-state index is 13.6. The summed E-state index contributed by atoms with van der Waals surface area (Å²) in [6, 6.07) is 6.84. The van der Waals surface area contributed by atoms with Gasteiger partial charge in [0.1, 0.15) is 5.82 Å². The Morgan fingerprint density at radius 1 is 0.974 bits per heavy atom. The van der Waals surface area contributed by atoms with Gasteiger partial charge in [-0.15, -0.1) is 0 Å². The van der Waals surface area contributed by atoms with Crippen molar-refractivity contribution >= 4 is 5.91 Å². The Morgan fingerprint density at radius 2 is 1.53 bits per heavy atom. The van der Waals surface area contributed by atoms with Gasteiger partial charge >= 0.3 is 12.4 Å². The van der Waals surface area contributed by atoms with Gasteiger partial charge in [-0.2, -0.15) is 26.3 Å². The van der Waals surface area contributed by atoms with E-state index in [1.165, 1.54) is 19.1 Å². The molecule has 0 spiro atoms. The fourth-order valence-corrected chi connectivity index (χ4v) is 4.98. The van der Waals surface area contributed by atoms with Gasteiger partial charge in [-0.25, -0.2) is 4.39 Å². The minimum atomic E-state index is -4.97. The van der Waals surface area contributed by atoms with Gasteiger partial charge < -0.3 is 10.1 Å². The molecule has 11 heteroatoms. The van der Waals surface area contributed by atoms with E-state index in [9.17, 15) is 35.5 Å². The van der Waals surface area contributed by atoms with Gasteiger partial charge in [-0.05, 0) is 82.1 Å². The van der Waals surface area contributed by atoms with Crippen molar-refractivity contribution in [2.24, 2.45) is 0 Å². The first-order chi connectivity index (χ1) is 17.6. The molecule has 38 heavy (non-hydrogen) atoms. The second kappa shape index (κ2) is 11.6. The van der Waals surface area contributed by atoms with Crippen molar-refractivity contribution in [2.75, 3.05) is 13.6 Å². The molecule has 0 saturated heterocycles. The van der Waals surface area contributed by atoms with E-state index in [2.05, 4.69) is 5.32 Å². The van der Waals surface area contributed by atoms with E-state index in [4.69, 9.17) is 4.74 Å². The molecular formula is C27H31F7N2O2. The first-order valence-corrected chi connectivity index (χ1v) is 12.3. The molecule has 1 amide bonds. The lowest BCUT2D eigenvalue weighted by atomic mass is 9.91. The summed E-state index contributed by atoms with van der Waals surface area (Å²) in [5, 5.41) is 2.81. The van der Waals surface area contributed by atoms with Gasteiger partial charge in [-0.1, -0.05) is 12.1 Å². The molecule has 1 fully saturated rings. The maximum absolute atomic E-state index is 13.6. The van der Waals surface area contributed by atoms with Crippen LogP contribution in [-0.2, 0) is 21.9 Å². The average Bonchev–Trinajstić information content (AvgIpc) is 3.21. The highest BCUT2D eigenvalue weighted by molar-refractivity contribution is 5.78. The van der Waals surface area contributed by atoms with Gasteiger partial charge in [-0.3, -0.25) is 9.69 Å². The molecular weight excluding hydrogens is 517 g/mol. The van der Waals surface area contributed by atoms with Gasteiger partial charge in [0.2, 0.25) is 5.91 Å². The van der Waals surface area contributed by atoms with E-state index in [1.807, 2.05) is 18.7 Å². The number of hydrogen-bond acceptors (Lipinski definition) is 3. The van der Waals surface area contributed by atoms with E-state index in [-0.39, 0.29) is 36.2 Å². The number of halogens is 7. The van der Waals surface area contributed by atoms with Crippen LogP contribution in [0.1, 0.15) is 67.9 Å². The number of amides is 1. The number of nitrogens with one attached hydrogen (secondary N) is 1. The fourth-order valence-electron chi connectivity index (χ4n) is 4.98. The van der Waals surface area contributed by atoms with Crippen LogP contribution in [0.25, 0.3) is 0 Å². The Balaban J connectivity index is 1.90. The number of alkyl halides is 6. The van der Waals surface area contributed by atoms with Crippen LogP contribution in [0.2, 0.25) is 0 Å². The lowest BCUT2D eigenvalue weighted by Gasteiger charge is -2.33. The molecule has 4 nitrogen and oxygen atoms in total. The van der Waals surface area contributed by atoms with Crippen LogP contribution < -0.4 is 5.32 Å². The van der Waals surface area contributed by atoms with E-state index in [1.54, 1.807) is 19.2 Å². The van der Waals surface area contributed by atoms with Gasteiger partial charge in [0, 0.05) is 18.0 Å². The van der Waals surface area contributed by atoms with Gasteiger partial charge in [0.05, 0.1) is 29.9 Å². The number of likely N-dealkylation sites (N-methyl/N-ethyl adjacent to an activating group) is 1. The standard InChI is InChI=1S/C27H31F7N2O2/c1-15(2)35-24(37)14-36(4)22-9-10-23(25(22)17-5-7-21(28)8-6-17)38-16(3)18-11-19(26(29,30)31)13-20(12-18)27(32,33)34/h5-8,11-13,15-16,22-23,25H,9-10,14H2,1-4H3,(H,35,37)/t16-,22?,23?,25?/m0/s1. The Morgan fingerprint density at radius 3 is 2.03 bits per heavy atom. The van der Waals surface area contributed by atoms with Crippen LogP contribution in [-0.4, -0.2) is 42.6 Å². The summed E-state index contributed by atoms with van der Waals surface area (Å²) in [6.07, 6.45) is -10.6. The highest BCUT2D eigenvalue weighted by Crippen LogP contribution is 2.43. The van der Waals surface area contributed by atoms with Crippen LogP contribution in [0, 0.1) is 5.82 Å². The first-order valence-electron chi connectivity index (χ1n) is 12.3. The molecule has 2 aromatic carbocycles. The quantitative estimate of drug-likeness (QED) is 0.373. The van der Waals surface area contributed by atoms with Crippen molar-refractivity contribution in [1.29, 1.82) is 0 Å². The predicted octanol–water partition coefficient (Wildman–Crippen LogP) is 6.71.